The normalized spacial score (nSPS) is 17.0. The molecule has 1 saturated heterocycles. The maximum absolute atomic E-state index is 11.8. The molecule has 6 heteroatoms. The zero-order valence-electron chi connectivity index (χ0n) is 12.4. The van der Waals surface area contributed by atoms with Gasteiger partial charge in [0, 0.05) is 26.2 Å². The first-order chi connectivity index (χ1) is 9.58. The van der Waals surface area contributed by atoms with Gasteiger partial charge in [-0.2, -0.15) is 0 Å². The third-order valence-electron chi connectivity index (χ3n) is 3.45. The molecule has 5 nitrogen and oxygen atoms in total. The fourth-order valence-corrected chi connectivity index (χ4v) is 2.24. The van der Waals surface area contributed by atoms with Gasteiger partial charge in [-0.1, -0.05) is 12.1 Å². The highest BCUT2D eigenvalue weighted by atomic mass is 35.5. The van der Waals surface area contributed by atoms with E-state index >= 15 is 0 Å². The fraction of sp³-hybridized carbons (Fsp3) is 0.467. The van der Waals surface area contributed by atoms with Crippen LogP contribution in [0.25, 0.3) is 0 Å². The Labute approximate surface area is 131 Å². The summed E-state index contributed by atoms with van der Waals surface area (Å²) in [6, 6.07) is 7.28. The molecule has 1 atom stereocenters. The molecule has 1 aromatic rings. The average molecular weight is 312 g/mol. The van der Waals surface area contributed by atoms with E-state index in [1.807, 2.05) is 12.1 Å². The lowest BCUT2D eigenvalue weighted by Gasteiger charge is -2.12. The predicted molar refractivity (Wildman–Crippen MR) is 84.6 cm³/mol. The summed E-state index contributed by atoms with van der Waals surface area (Å²) in [7, 11) is 3.45. The van der Waals surface area contributed by atoms with Crippen LogP contribution in [0.3, 0.4) is 0 Å². The van der Waals surface area contributed by atoms with Crippen LogP contribution >= 0.6 is 12.4 Å². The zero-order chi connectivity index (χ0) is 14.5. The summed E-state index contributed by atoms with van der Waals surface area (Å²) < 4.78 is 0. The van der Waals surface area contributed by atoms with Gasteiger partial charge >= 0.3 is 0 Å². The maximum Gasteiger partial charge on any atom is 0.253 e. The van der Waals surface area contributed by atoms with Crippen molar-refractivity contribution >= 4 is 24.2 Å². The molecule has 0 saturated carbocycles. The summed E-state index contributed by atoms with van der Waals surface area (Å²) in [5.41, 5.74) is 1.65. The third kappa shape index (κ3) is 4.72. The van der Waals surface area contributed by atoms with Crippen molar-refractivity contribution in [2.75, 3.05) is 20.6 Å². The largest absolute Gasteiger partial charge is 0.351 e. The van der Waals surface area contributed by atoms with Crippen LogP contribution in [0.2, 0.25) is 0 Å². The van der Waals surface area contributed by atoms with E-state index in [1.165, 1.54) is 0 Å². The molecular formula is C15H22ClN3O2. The first-order valence-electron chi connectivity index (χ1n) is 6.89. The Morgan fingerprint density at radius 3 is 2.48 bits per heavy atom. The average Bonchev–Trinajstić information content (AvgIpc) is 2.98. The summed E-state index contributed by atoms with van der Waals surface area (Å²) in [6.45, 7) is 1.41. The Balaban J connectivity index is 0.00000220. The molecule has 0 spiro atoms. The van der Waals surface area contributed by atoms with E-state index in [1.54, 1.807) is 31.1 Å². The summed E-state index contributed by atoms with van der Waals surface area (Å²) >= 11 is 0. The minimum atomic E-state index is -0.0513. The van der Waals surface area contributed by atoms with Gasteiger partial charge in [0.1, 0.15) is 0 Å². The Bertz CT molecular complexity index is 482. The number of hydrogen-bond donors (Lipinski definition) is 2. The van der Waals surface area contributed by atoms with Crippen LogP contribution in [0.5, 0.6) is 0 Å². The van der Waals surface area contributed by atoms with Crippen molar-refractivity contribution < 1.29 is 9.59 Å². The van der Waals surface area contributed by atoms with Crippen molar-refractivity contribution in [1.82, 2.24) is 15.5 Å². The highest BCUT2D eigenvalue weighted by Gasteiger charge is 2.21. The molecule has 116 valence electrons. The number of carbonyl (C=O) groups is 2. The van der Waals surface area contributed by atoms with Crippen molar-refractivity contribution in [1.29, 1.82) is 0 Å². The van der Waals surface area contributed by atoms with Crippen LogP contribution in [0.15, 0.2) is 24.3 Å². The Morgan fingerprint density at radius 2 is 1.95 bits per heavy atom. The van der Waals surface area contributed by atoms with E-state index in [-0.39, 0.29) is 30.3 Å². The van der Waals surface area contributed by atoms with E-state index in [2.05, 4.69) is 10.6 Å². The number of rotatable bonds is 4. The number of halogens is 1. The molecule has 2 rings (SSSR count). The van der Waals surface area contributed by atoms with E-state index in [9.17, 15) is 9.59 Å². The Hall–Kier alpha value is -1.59. The molecule has 21 heavy (non-hydrogen) atoms. The SMILES string of the molecule is CN(C)C(=O)c1ccc(CNC(=O)C2CCCN2)cc1.Cl. The molecular weight excluding hydrogens is 290 g/mol. The van der Waals surface area contributed by atoms with Crippen LogP contribution in [-0.2, 0) is 11.3 Å². The van der Waals surface area contributed by atoms with E-state index in [0.29, 0.717) is 12.1 Å². The second-order valence-electron chi connectivity index (χ2n) is 5.26. The van der Waals surface area contributed by atoms with Gasteiger partial charge in [0.2, 0.25) is 5.91 Å². The van der Waals surface area contributed by atoms with Crippen molar-refractivity contribution in [3.63, 3.8) is 0 Å². The van der Waals surface area contributed by atoms with E-state index in [4.69, 9.17) is 0 Å². The molecule has 0 aromatic heterocycles. The van der Waals surface area contributed by atoms with Gasteiger partial charge in [0.15, 0.2) is 0 Å². The summed E-state index contributed by atoms with van der Waals surface area (Å²) in [5, 5.41) is 6.08. The van der Waals surface area contributed by atoms with Gasteiger partial charge < -0.3 is 15.5 Å². The van der Waals surface area contributed by atoms with Crippen molar-refractivity contribution in [2.45, 2.75) is 25.4 Å². The minimum Gasteiger partial charge on any atom is -0.351 e. The Kier molecular flexibility index (Phi) is 6.65. The second-order valence-corrected chi connectivity index (χ2v) is 5.26. The van der Waals surface area contributed by atoms with Gasteiger partial charge in [-0.05, 0) is 37.1 Å². The number of amides is 2. The molecule has 2 N–H and O–H groups in total. The first kappa shape index (κ1) is 17.5. The number of nitrogens with one attached hydrogen (secondary N) is 2. The number of benzene rings is 1. The van der Waals surface area contributed by atoms with Gasteiger partial charge in [0.05, 0.1) is 6.04 Å². The third-order valence-corrected chi connectivity index (χ3v) is 3.45. The van der Waals surface area contributed by atoms with Crippen LogP contribution in [0, 0.1) is 0 Å². The van der Waals surface area contributed by atoms with Crippen LogP contribution in [0.1, 0.15) is 28.8 Å². The first-order valence-corrected chi connectivity index (χ1v) is 6.89. The number of carbonyl (C=O) groups excluding carboxylic acids is 2. The van der Waals surface area contributed by atoms with Gasteiger partial charge in [0.25, 0.3) is 5.91 Å². The Morgan fingerprint density at radius 1 is 1.29 bits per heavy atom. The summed E-state index contributed by atoms with van der Waals surface area (Å²) in [5.74, 6) is 0.0340. The smallest absolute Gasteiger partial charge is 0.253 e. The van der Waals surface area contributed by atoms with Gasteiger partial charge in [-0.15, -0.1) is 12.4 Å². The maximum atomic E-state index is 11.8. The minimum absolute atomic E-state index is 0. The molecule has 0 aliphatic carbocycles. The van der Waals surface area contributed by atoms with Crippen molar-refractivity contribution in [3.8, 4) is 0 Å². The molecule has 1 aliphatic heterocycles. The van der Waals surface area contributed by atoms with Crippen LogP contribution in [0.4, 0.5) is 0 Å². The second kappa shape index (κ2) is 8.00. The van der Waals surface area contributed by atoms with Gasteiger partial charge in [-0.3, -0.25) is 9.59 Å². The lowest BCUT2D eigenvalue weighted by atomic mass is 10.1. The van der Waals surface area contributed by atoms with Crippen LogP contribution < -0.4 is 10.6 Å². The van der Waals surface area contributed by atoms with E-state index in [0.717, 1.165) is 24.9 Å². The molecule has 2 amide bonds. The highest BCUT2D eigenvalue weighted by molar-refractivity contribution is 5.93. The molecule has 0 bridgehead atoms. The van der Waals surface area contributed by atoms with Crippen LogP contribution in [-0.4, -0.2) is 43.4 Å². The highest BCUT2D eigenvalue weighted by Crippen LogP contribution is 2.08. The van der Waals surface area contributed by atoms with E-state index < -0.39 is 0 Å². The topological polar surface area (TPSA) is 61.4 Å². The summed E-state index contributed by atoms with van der Waals surface area (Å²) in [4.78, 5) is 25.1. The number of nitrogens with zero attached hydrogens (tertiary/aromatic N) is 1. The fourth-order valence-electron chi connectivity index (χ4n) is 2.24. The summed E-state index contributed by atoms with van der Waals surface area (Å²) in [6.07, 6.45) is 1.96. The lowest BCUT2D eigenvalue weighted by Crippen LogP contribution is -2.39. The molecule has 1 unspecified atom stereocenters. The van der Waals surface area contributed by atoms with Crippen molar-refractivity contribution in [3.05, 3.63) is 35.4 Å². The lowest BCUT2D eigenvalue weighted by molar-refractivity contribution is -0.122. The van der Waals surface area contributed by atoms with Crippen molar-refractivity contribution in [2.24, 2.45) is 0 Å². The molecule has 1 aliphatic rings. The van der Waals surface area contributed by atoms with Gasteiger partial charge in [-0.25, -0.2) is 0 Å². The molecule has 1 aromatic carbocycles. The molecule has 0 radical (unpaired) electrons. The standard InChI is InChI=1S/C15H21N3O2.ClH/c1-18(2)15(20)12-7-5-11(6-8-12)10-17-14(19)13-4-3-9-16-13;/h5-8,13,16H,3-4,9-10H2,1-2H3,(H,17,19);1H. The monoisotopic (exact) mass is 311 g/mol. The number of hydrogen-bond acceptors (Lipinski definition) is 3. The quantitative estimate of drug-likeness (QED) is 0.878. The zero-order valence-corrected chi connectivity index (χ0v) is 13.2. The molecule has 1 heterocycles. The molecule has 1 fully saturated rings. The predicted octanol–water partition coefficient (Wildman–Crippen LogP) is 1.18.